The smallest absolute Gasteiger partial charge is 0.262 e. The minimum atomic E-state index is -0.0791. The normalized spacial score (nSPS) is 11.1. The number of rotatable bonds is 8. The van der Waals surface area contributed by atoms with Gasteiger partial charge in [0.05, 0.1) is 29.3 Å². The molecule has 0 bridgehead atoms. The van der Waals surface area contributed by atoms with Gasteiger partial charge in [-0.1, -0.05) is 36.0 Å². The third-order valence-corrected chi connectivity index (χ3v) is 6.54. The molecule has 0 aliphatic carbocycles. The monoisotopic (exact) mass is 439 g/mol. The van der Waals surface area contributed by atoms with Crippen molar-refractivity contribution in [2.75, 3.05) is 13.7 Å². The summed E-state index contributed by atoms with van der Waals surface area (Å²) in [6, 6.07) is 15.2. The number of thiazole rings is 1. The number of para-hydroxylation sites is 2. The Hall–Kier alpha value is -2.68. The fourth-order valence-corrected chi connectivity index (χ4v) is 5.01. The number of aromatic nitrogens is 3. The Balaban J connectivity index is 1.61. The van der Waals surface area contributed by atoms with Crippen LogP contribution in [0, 0.1) is 0 Å². The van der Waals surface area contributed by atoms with Gasteiger partial charge in [-0.2, -0.15) is 0 Å². The number of ether oxygens (including phenoxy) is 1. The summed E-state index contributed by atoms with van der Waals surface area (Å²) in [6.07, 6.45) is 0.502. The molecule has 1 N–H and O–H groups in total. The van der Waals surface area contributed by atoms with E-state index in [1.807, 2.05) is 47.8 Å². The summed E-state index contributed by atoms with van der Waals surface area (Å²) in [5.41, 5.74) is 2.48. The first-order valence-corrected chi connectivity index (χ1v) is 11.4. The van der Waals surface area contributed by atoms with Gasteiger partial charge in [0.25, 0.3) is 5.56 Å². The van der Waals surface area contributed by atoms with Gasteiger partial charge in [-0.25, -0.2) is 9.97 Å². The third kappa shape index (κ3) is 4.26. The van der Waals surface area contributed by atoms with Crippen molar-refractivity contribution in [2.24, 2.45) is 0 Å². The van der Waals surface area contributed by atoms with E-state index in [2.05, 4.69) is 0 Å². The first-order valence-electron chi connectivity index (χ1n) is 9.52. The largest absolute Gasteiger partial charge is 0.496 e. The molecule has 0 fully saturated rings. The maximum atomic E-state index is 12.9. The summed E-state index contributed by atoms with van der Waals surface area (Å²) < 4.78 is 7.09. The van der Waals surface area contributed by atoms with Crippen LogP contribution < -0.4 is 10.3 Å². The Morgan fingerprint density at radius 1 is 1.13 bits per heavy atom. The molecule has 30 heavy (non-hydrogen) atoms. The van der Waals surface area contributed by atoms with E-state index in [0.717, 1.165) is 22.0 Å². The van der Waals surface area contributed by atoms with Crippen LogP contribution in [0.1, 0.15) is 12.1 Å². The van der Waals surface area contributed by atoms with E-state index in [-0.39, 0.29) is 12.2 Å². The minimum absolute atomic E-state index is 0.0255. The first-order chi connectivity index (χ1) is 14.7. The molecule has 154 valence electrons. The molecule has 0 unspecified atom stereocenters. The molecule has 6 nitrogen and oxygen atoms in total. The predicted molar refractivity (Wildman–Crippen MR) is 121 cm³/mol. The molecule has 2 heterocycles. The van der Waals surface area contributed by atoms with Crippen LogP contribution in [-0.4, -0.2) is 33.4 Å². The summed E-state index contributed by atoms with van der Waals surface area (Å²) in [7, 11) is 1.65. The molecule has 0 aliphatic rings. The third-order valence-electron chi connectivity index (χ3n) is 4.60. The molecule has 0 saturated carbocycles. The van der Waals surface area contributed by atoms with Gasteiger partial charge in [0.1, 0.15) is 10.8 Å². The molecular formula is C22H21N3O3S2. The van der Waals surface area contributed by atoms with Gasteiger partial charge in [0, 0.05) is 24.3 Å². The second-order valence-corrected chi connectivity index (χ2v) is 8.38. The molecule has 0 spiro atoms. The number of hydrogen-bond donors (Lipinski definition) is 1. The van der Waals surface area contributed by atoms with Crippen LogP contribution in [-0.2, 0) is 12.3 Å². The van der Waals surface area contributed by atoms with Crippen LogP contribution in [0.5, 0.6) is 5.75 Å². The fraction of sp³-hybridized carbons (Fsp3) is 0.227. The lowest BCUT2D eigenvalue weighted by atomic mass is 10.2. The molecule has 2 aromatic carbocycles. The van der Waals surface area contributed by atoms with Crippen LogP contribution in [0.3, 0.4) is 0 Å². The fourth-order valence-electron chi connectivity index (χ4n) is 3.14. The predicted octanol–water partition coefficient (Wildman–Crippen LogP) is 4.20. The van der Waals surface area contributed by atoms with Crippen LogP contribution in [0.25, 0.3) is 21.5 Å². The number of thioether (sulfide) groups is 1. The molecule has 0 atom stereocenters. The number of benzene rings is 2. The average Bonchev–Trinajstić information content (AvgIpc) is 3.26. The summed E-state index contributed by atoms with van der Waals surface area (Å²) in [4.78, 5) is 22.4. The van der Waals surface area contributed by atoms with E-state index in [0.29, 0.717) is 34.8 Å². The van der Waals surface area contributed by atoms with Crippen LogP contribution in [0.15, 0.2) is 63.9 Å². The number of fused-ring (bicyclic) bond motifs is 1. The van der Waals surface area contributed by atoms with Crippen LogP contribution in [0.4, 0.5) is 0 Å². The SMILES string of the molecule is COc1ccccc1-c1nc(CSc2nc3ccccc3c(=O)n2CCCO)cs1. The molecule has 0 saturated heterocycles. The van der Waals surface area contributed by atoms with E-state index >= 15 is 0 Å². The maximum Gasteiger partial charge on any atom is 0.262 e. The lowest BCUT2D eigenvalue weighted by molar-refractivity contribution is 0.276. The van der Waals surface area contributed by atoms with Gasteiger partial charge >= 0.3 is 0 Å². The average molecular weight is 440 g/mol. The molecule has 0 aliphatic heterocycles. The molecular weight excluding hydrogens is 418 g/mol. The van der Waals surface area contributed by atoms with E-state index in [4.69, 9.17) is 14.7 Å². The molecule has 0 radical (unpaired) electrons. The number of aliphatic hydroxyl groups excluding tert-OH is 1. The highest BCUT2D eigenvalue weighted by Crippen LogP contribution is 2.33. The van der Waals surface area contributed by atoms with Crippen molar-refractivity contribution in [1.29, 1.82) is 0 Å². The topological polar surface area (TPSA) is 77.2 Å². The van der Waals surface area contributed by atoms with Gasteiger partial charge in [0.2, 0.25) is 0 Å². The second-order valence-electron chi connectivity index (χ2n) is 6.58. The second kappa shape index (κ2) is 9.42. The van der Waals surface area contributed by atoms with Gasteiger partial charge in [0.15, 0.2) is 5.16 Å². The maximum absolute atomic E-state index is 12.9. The van der Waals surface area contributed by atoms with E-state index in [1.165, 1.54) is 11.8 Å². The van der Waals surface area contributed by atoms with Gasteiger partial charge < -0.3 is 9.84 Å². The Morgan fingerprint density at radius 2 is 1.93 bits per heavy atom. The number of aliphatic hydroxyl groups is 1. The highest BCUT2D eigenvalue weighted by molar-refractivity contribution is 7.98. The number of hydrogen-bond acceptors (Lipinski definition) is 7. The van der Waals surface area contributed by atoms with Crippen molar-refractivity contribution >= 4 is 34.0 Å². The molecule has 8 heteroatoms. The quantitative estimate of drug-likeness (QED) is 0.327. The Kier molecular flexibility index (Phi) is 6.47. The number of nitrogens with zero attached hydrogens (tertiary/aromatic N) is 3. The lowest BCUT2D eigenvalue weighted by Crippen LogP contribution is -2.24. The van der Waals surface area contributed by atoms with Crippen molar-refractivity contribution in [3.05, 3.63) is 70.0 Å². The summed E-state index contributed by atoms with van der Waals surface area (Å²) in [5.74, 6) is 1.38. The lowest BCUT2D eigenvalue weighted by Gasteiger charge is -2.12. The van der Waals surface area contributed by atoms with Crippen LogP contribution >= 0.6 is 23.1 Å². The molecule has 4 rings (SSSR count). The molecule has 4 aromatic rings. The number of methoxy groups -OCH3 is 1. The Labute approximate surface area is 182 Å². The Morgan fingerprint density at radius 3 is 2.77 bits per heavy atom. The zero-order valence-electron chi connectivity index (χ0n) is 16.4. The first kappa shape index (κ1) is 20.6. The van der Waals surface area contributed by atoms with Crippen molar-refractivity contribution < 1.29 is 9.84 Å². The van der Waals surface area contributed by atoms with Gasteiger partial charge in [-0.3, -0.25) is 9.36 Å². The minimum Gasteiger partial charge on any atom is -0.496 e. The van der Waals surface area contributed by atoms with Crippen LogP contribution in [0.2, 0.25) is 0 Å². The van der Waals surface area contributed by atoms with Crippen molar-refractivity contribution in [3.8, 4) is 16.3 Å². The highest BCUT2D eigenvalue weighted by Gasteiger charge is 2.14. The summed E-state index contributed by atoms with van der Waals surface area (Å²) in [5, 5.41) is 13.4. The van der Waals surface area contributed by atoms with Crippen molar-refractivity contribution in [2.45, 2.75) is 23.9 Å². The van der Waals surface area contributed by atoms with E-state index in [9.17, 15) is 9.90 Å². The Bertz CT molecular complexity index is 1220. The van der Waals surface area contributed by atoms with Crippen molar-refractivity contribution in [3.63, 3.8) is 0 Å². The summed E-state index contributed by atoms with van der Waals surface area (Å²) in [6.45, 7) is 0.455. The van der Waals surface area contributed by atoms with E-state index in [1.54, 1.807) is 29.1 Å². The van der Waals surface area contributed by atoms with Crippen molar-refractivity contribution in [1.82, 2.24) is 14.5 Å². The van der Waals surface area contributed by atoms with E-state index < -0.39 is 0 Å². The van der Waals surface area contributed by atoms with Gasteiger partial charge in [-0.05, 0) is 30.7 Å². The van der Waals surface area contributed by atoms with Gasteiger partial charge in [-0.15, -0.1) is 11.3 Å². The highest BCUT2D eigenvalue weighted by atomic mass is 32.2. The zero-order valence-corrected chi connectivity index (χ0v) is 18.1. The standard InChI is InChI=1S/C22H21N3O3S2/c1-28-19-10-5-3-8-17(19)20-23-15(13-29-20)14-30-22-24-18-9-4-2-7-16(18)21(27)25(22)11-6-12-26/h2-5,7-10,13,26H,6,11-12,14H2,1H3. The summed E-state index contributed by atoms with van der Waals surface area (Å²) >= 11 is 3.05. The molecule has 0 amide bonds. The molecule has 2 aromatic heterocycles. The zero-order chi connectivity index (χ0) is 20.9.